The number of hydrogen-bond donors (Lipinski definition) is 0. The minimum absolute atomic E-state index is 0. The first-order valence-corrected chi connectivity index (χ1v) is 9.47. The van der Waals surface area contributed by atoms with E-state index in [-0.39, 0.29) is 2.85 Å². The van der Waals surface area contributed by atoms with Gasteiger partial charge in [0.1, 0.15) is 5.75 Å². The number of alkyl halides is 2. The molecule has 0 radical (unpaired) electrons. The van der Waals surface area contributed by atoms with Gasteiger partial charge in [-0.15, -0.1) is 0 Å². The highest BCUT2D eigenvalue weighted by Crippen LogP contribution is 2.45. The van der Waals surface area contributed by atoms with E-state index in [1.54, 1.807) is 0 Å². The van der Waals surface area contributed by atoms with Crippen molar-refractivity contribution in [2.24, 2.45) is 23.7 Å². The van der Waals surface area contributed by atoms with Crippen LogP contribution >= 0.6 is 0 Å². The van der Waals surface area contributed by atoms with Crippen LogP contribution in [0.4, 0.5) is 22.0 Å². The Hall–Kier alpha value is -1.33. The van der Waals surface area contributed by atoms with Crippen LogP contribution in [0.1, 0.15) is 61.1 Å². The highest BCUT2D eigenvalue weighted by atomic mass is 19.3. The molecule has 0 aliphatic heterocycles. The summed E-state index contributed by atoms with van der Waals surface area (Å²) < 4.78 is 72.8. The molecule has 2 fully saturated rings. The maximum Gasteiger partial charge on any atom is 0.400 e. The van der Waals surface area contributed by atoms with Gasteiger partial charge >= 0.3 is 6.11 Å². The minimum Gasteiger partial charge on any atom is -0.432 e. The Morgan fingerprint density at radius 1 is 0.846 bits per heavy atom. The summed E-state index contributed by atoms with van der Waals surface area (Å²) in [5, 5.41) is 0. The van der Waals surface area contributed by atoms with Gasteiger partial charge in [-0.2, -0.15) is 8.78 Å². The molecule has 2 aliphatic rings. The molecule has 1 aromatic carbocycles. The lowest BCUT2D eigenvalue weighted by atomic mass is 9.69. The van der Waals surface area contributed by atoms with E-state index in [0.717, 1.165) is 18.8 Å². The molecule has 2 aliphatic carbocycles. The molecule has 1 nitrogen and oxygen atoms in total. The van der Waals surface area contributed by atoms with Crippen LogP contribution in [0, 0.1) is 41.1 Å². The SMILES string of the molecule is CC1CCC(C2CCC(C(F)(F)Oc3cc(F)c(F)c(F)c3)CC2)CC1.[HH].[HH]. The summed E-state index contributed by atoms with van der Waals surface area (Å²) in [5.41, 5.74) is 0. The number of rotatable bonds is 4. The van der Waals surface area contributed by atoms with Gasteiger partial charge in [0.05, 0.1) is 5.92 Å². The van der Waals surface area contributed by atoms with Crippen molar-refractivity contribution in [3.8, 4) is 5.75 Å². The van der Waals surface area contributed by atoms with E-state index >= 15 is 0 Å². The van der Waals surface area contributed by atoms with Gasteiger partial charge in [0.2, 0.25) is 0 Å². The zero-order valence-corrected chi connectivity index (χ0v) is 14.9. The molecule has 2 saturated carbocycles. The maximum atomic E-state index is 14.4. The Kier molecular flexibility index (Phi) is 5.78. The summed E-state index contributed by atoms with van der Waals surface area (Å²) >= 11 is 0. The van der Waals surface area contributed by atoms with Crippen molar-refractivity contribution in [2.75, 3.05) is 0 Å². The predicted molar refractivity (Wildman–Crippen MR) is 92.7 cm³/mol. The summed E-state index contributed by atoms with van der Waals surface area (Å²) in [6.07, 6.45) is 3.38. The third-order valence-corrected chi connectivity index (χ3v) is 6.19. The van der Waals surface area contributed by atoms with E-state index in [1.807, 2.05) is 0 Å². The van der Waals surface area contributed by atoms with Crippen LogP contribution in [0.3, 0.4) is 0 Å². The van der Waals surface area contributed by atoms with Gasteiger partial charge in [-0.3, -0.25) is 0 Å². The lowest BCUT2D eigenvalue weighted by Gasteiger charge is -2.38. The number of hydrogen-bond acceptors (Lipinski definition) is 1. The molecule has 0 heterocycles. The van der Waals surface area contributed by atoms with E-state index in [2.05, 4.69) is 11.7 Å². The van der Waals surface area contributed by atoms with Gasteiger partial charge < -0.3 is 4.74 Å². The average molecular weight is 380 g/mol. The molecule has 26 heavy (non-hydrogen) atoms. The molecular weight excluding hydrogens is 351 g/mol. The van der Waals surface area contributed by atoms with Crippen LogP contribution < -0.4 is 4.74 Å². The Labute approximate surface area is 153 Å². The zero-order valence-electron chi connectivity index (χ0n) is 14.9. The van der Waals surface area contributed by atoms with Crippen LogP contribution in [-0.4, -0.2) is 6.11 Å². The van der Waals surface area contributed by atoms with Gasteiger partial charge in [-0.1, -0.05) is 19.8 Å². The highest BCUT2D eigenvalue weighted by molar-refractivity contribution is 5.25. The average Bonchev–Trinajstić information content (AvgIpc) is 2.60. The third-order valence-electron chi connectivity index (χ3n) is 6.19. The van der Waals surface area contributed by atoms with E-state index in [4.69, 9.17) is 0 Å². The number of benzene rings is 1. The molecule has 0 saturated heterocycles. The first kappa shape index (κ1) is 19.4. The largest absolute Gasteiger partial charge is 0.432 e. The fourth-order valence-electron chi connectivity index (χ4n) is 4.52. The van der Waals surface area contributed by atoms with Gasteiger partial charge in [0, 0.05) is 15.0 Å². The van der Waals surface area contributed by atoms with E-state index in [1.165, 1.54) is 25.7 Å². The Bertz CT molecular complexity index is 604. The van der Waals surface area contributed by atoms with E-state index in [9.17, 15) is 22.0 Å². The Morgan fingerprint density at radius 3 is 1.81 bits per heavy atom. The quantitative estimate of drug-likeness (QED) is 0.396. The lowest BCUT2D eigenvalue weighted by Crippen LogP contribution is -2.38. The fourth-order valence-corrected chi connectivity index (χ4v) is 4.52. The smallest absolute Gasteiger partial charge is 0.400 e. The van der Waals surface area contributed by atoms with Crippen molar-refractivity contribution in [2.45, 2.75) is 64.4 Å². The topological polar surface area (TPSA) is 9.23 Å². The van der Waals surface area contributed by atoms with Crippen molar-refractivity contribution in [3.63, 3.8) is 0 Å². The summed E-state index contributed by atoms with van der Waals surface area (Å²) in [5.74, 6) is -4.57. The molecule has 0 bridgehead atoms. The minimum atomic E-state index is -3.53. The Morgan fingerprint density at radius 2 is 1.31 bits per heavy atom. The number of halogens is 5. The second kappa shape index (κ2) is 7.73. The van der Waals surface area contributed by atoms with Crippen molar-refractivity contribution in [3.05, 3.63) is 29.6 Å². The second-order valence-electron chi connectivity index (χ2n) is 8.00. The molecule has 1 aromatic rings. The predicted octanol–water partition coefficient (Wildman–Crippen LogP) is 7.20. The molecule has 150 valence electrons. The highest BCUT2D eigenvalue weighted by Gasteiger charge is 2.45. The van der Waals surface area contributed by atoms with Gasteiger partial charge in [-0.25, -0.2) is 13.2 Å². The zero-order chi connectivity index (χ0) is 18.9. The van der Waals surface area contributed by atoms with Gasteiger partial charge in [0.25, 0.3) is 0 Å². The second-order valence-corrected chi connectivity index (χ2v) is 8.00. The normalized spacial score (nSPS) is 30.2. The third kappa shape index (κ3) is 4.32. The van der Waals surface area contributed by atoms with Crippen LogP contribution in [0.25, 0.3) is 0 Å². The molecular formula is C20H29F5O. The molecule has 0 amide bonds. The van der Waals surface area contributed by atoms with Gasteiger partial charge in [0.15, 0.2) is 17.5 Å². The van der Waals surface area contributed by atoms with Crippen LogP contribution in [0.15, 0.2) is 12.1 Å². The molecule has 0 unspecified atom stereocenters. The van der Waals surface area contributed by atoms with Crippen molar-refractivity contribution in [1.29, 1.82) is 0 Å². The van der Waals surface area contributed by atoms with Crippen LogP contribution in [0.5, 0.6) is 5.75 Å². The van der Waals surface area contributed by atoms with Crippen molar-refractivity contribution < 1.29 is 29.5 Å². The summed E-state index contributed by atoms with van der Waals surface area (Å²) in [7, 11) is 0. The molecule has 0 N–H and O–H groups in total. The molecule has 0 aromatic heterocycles. The molecule has 0 spiro atoms. The molecule has 3 rings (SSSR count). The maximum absolute atomic E-state index is 14.4. The standard InChI is InChI=1S/C20H25F5O.2H2/c1-12-2-4-13(5-3-12)14-6-8-15(9-7-14)20(24,25)26-16-10-17(21)19(23)18(22)11-16;;/h10-15H,2-9H2,1H3;2*1H. The summed E-state index contributed by atoms with van der Waals surface area (Å²) in [4.78, 5) is 0. The summed E-state index contributed by atoms with van der Waals surface area (Å²) in [6.45, 7) is 2.26. The van der Waals surface area contributed by atoms with E-state index in [0.29, 0.717) is 36.8 Å². The van der Waals surface area contributed by atoms with Crippen LogP contribution in [-0.2, 0) is 0 Å². The fraction of sp³-hybridized carbons (Fsp3) is 0.700. The first-order valence-electron chi connectivity index (χ1n) is 9.47. The monoisotopic (exact) mass is 380 g/mol. The van der Waals surface area contributed by atoms with E-state index < -0.39 is 35.2 Å². The number of ether oxygens (including phenoxy) is 1. The van der Waals surface area contributed by atoms with Crippen molar-refractivity contribution >= 4 is 0 Å². The Balaban J connectivity index is 0.00000196. The van der Waals surface area contributed by atoms with Crippen molar-refractivity contribution in [1.82, 2.24) is 0 Å². The summed E-state index contributed by atoms with van der Waals surface area (Å²) in [6, 6.07) is 0.919. The molecule has 0 atom stereocenters. The van der Waals surface area contributed by atoms with Gasteiger partial charge in [-0.05, 0) is 56.3 Å². The lowest BCUT2D eigenvalue weighted by molar-refractivity contribution is -0.224. The van der Waals surface area contributed by atoms with Crippen LogP contribution in [0.2, 0.25) is 0 Å². The first-order chi connectivity index (χ1) is 12.3. The molecule has 6 heteroatoms.